The van der Waals surface area contributed by atoms with Crippen LogP contribution in [0.1, 0.15) is 11.1 Å². The Bertz CT molecular complexity index is 946. The zero-order chi connectivity index (χ0) is 17.5. The Morgan fingerprint density at radius 3 is 2.29 bits per heavy atom. The van der Waals surface area contributed by atoms with Gasteiger partial charge in [-0.05, 0) is 41.0 Å². The molecule has 2 aromatic rings. The number of benzene rings is 2. The van der Waals surface area contributed by atoms with Gasteiger partial charge in [0.2, 0.25) is 0 Å². The van der Waals surface area contributed by atoms with E-state index in [1.165, 1.54) is 6.26 Å². The predicted octanol–water partition coefficient (Wildman–Crippen LogP) is 3.13. The summed E-state index contributed by atoms with van der Waals surface area (Å²) in [5, 5.41) is 0.564. The predicted molar refractivity (Wildman–Crippen MR) is 95.5 cm³/mol. The molecule has 24 heavy (non-hydrogen) atoms. The van der Waals surface area contributed by atoms with Gasteiger partial charge in [-0.15, -0.1) is 0 Å². The molecule has 0 aliphatic carbocycles. The van der Waals surface area contributed by atoms with Crippen LogP contribution in [0.3, 0.4) is 0 Å². The number of carbonyl (C=O) groups is 1. The summed E-state index contributed by atoms with van der Waals surface area (Å²) < 4.78 is 23.2. The van der Waals surface area contributed by atoms with Crippen LogP contribution in [-0.4, -0.2) is 39.1 Å². The van der Waals surface area contributed by atoms with E-state index in [4.69, 9.17) is 11.6 Å². The summed E-state index contributed by atoms with van der Waals surface area (Å²) in [4.78, 5) is 14.4. The monoisotopic (exact) mass is 361 g/mol. The van der Waals surface area contributed by atoms with Crippen molar-refractivity contribution in [3.63, 3.8) is 0 Å². The first-order valence-electron chi connectivity index (χ1n) is 7.32. The maximum absolute atomic E-state index is 12.6. The fourth-order valence-electron chi connectivity index (χ4n) is 2.79. The molecule has 0 unspecified atom stereocenters. The zero-order valence-electron chi connectivity index (χ0n) is 13.3. The van der Waals surface area contributed by atoms with Gasteiger partial charge in [0.15, 0.2) is 9.84 Å². The van der Waals surface area contributed by atoms with Crippen molar-refractivity contribution in [2.75, 3.05) is 19.8 Å². The van der Waals surface area contributed by atoms with E-state index < -0.39 is 9.84 Å². The molecule has 0 N–H and O–H groups in total. The van der Waals surface area contributed by atoms with E-state index in [0.717, 1.165) is 16.7 Å². The SMILES string of the molecule is CN1CC(c2ccc(S(C)(=O)=O)cc2)=C(c2cccc(Cl)c2)C1=O. The first-order valence-corrected chi connectivity index (χ1v) is 9.59. The van der Waals surface area contributed by atoms with Gasteiger partial charge in [0.05, 0.1) is 10.5 Å². The summed E-state index contributed by atoms with van der Waals surface area (Å²) in [6, 6.07) is 13.8. The molecule has 0 radical (unpaired) electrons. The van der Waals surface area contributed by atoms with Gasteiger partial charge in [-0.3, -0.25) is 4.79 Å². The molecular formula is C18H16ClNO3S. The third kappa shape index (κ3) is 3.09. The van der Waals surface area contributed by atoms with Crippen molar-refractivity contribution in [3.8, 4) is 0 Å². The number of rotatable bonds is 3. The minimum atomic E-state index is -3.25. The summed E-state index contributed by atoms with van der Waals surface area (Å²) in [5.74, 6) is -0.0699. The van der Waals surface area contributed by atoms with Crippen LogP contribution in [0.25, 0.3) is 11.1 Å². The molecular weight excluding hydrogens is 346 g/mol. The van der Waals surface area contributed by atoms with Crippen LogP contribution < -0.4 is 0 Å². The molecule has 3 rings (SSSR count). The molecule has 1 aliphatic heterocycles. The quantitative estimate of drug-likeness (QED) is 0.844. The molecule has 124 valence electrons. The van der Waals surface area contributed by atoms with E-state index >= 15 is 0 Å². The maximum atomic E-state index is 12.6. The Morgan fingerprint density at radius 2 is 1.71 bits per heavy atom. The van der Waals surface area contributed by atoms with E-state index in [9.17, 15) is 13.2 Å². The van der Waals surface area contributed by atoms with Gasteiger partial charge in [0, 0.05) is 24.9 Å². The van der Waals surface area contributed by atoms with Gasteiger partial charge in [0.1, 0.15) is 0 Å². The number of nitrogens with zero attached hydrogens (tertiary/aromatic N) is 1. The minimum absolute atomic E-state index is 0.0699. The van der Waals surface area contributed by atoms with Crippen molar-refractivity contribution in [2.24, 2.45) is 0 Å². The molecule has 0 fully saturated rings. The highest BCUT2D eigenvalue weighted by atomic mass is 35.5. The second-order valence-electron chi connectivity index (χ2n) is 5.82. The van der Waals surface area contributed by atoms with E-state index in [0.29, 0.717) is 17.1 Å². The lowest BCUT2D eigenvalue weighted by Gasteiger charge is -2.08. The maximum Gasteiger partial charge on any atom is 0.254 e. The number of amides is 1. The van der Waals surface area contributed by atoms with Gasteiger partial charge in [-0.1, -0.05) is 35.9 Å². The normalized spacial score (nSPS) is 15.3. The van der Waals surface area contributed by atoms with Crippen LogP contribution in [0.2, 0.25) is 5.02 Å². The summed E-state index contributed by atoms with van der Waals surface area (Å²) in [7, 11) is -1.51. The summed E-state index contributed by atoms with van der Waals surface area (Å²) in [6.07, 6.45) is 1.17. The van der Waals surface area contributed by atoms with Gasteiger partial charge >= 0.3 is 0 Å². The Labute approximate surface area is 146 Å². The smallest absolute Gasteiger partial charge is 0.254 e. The largest absolute Gasteiger partial charge is 0.337 e. The highest BCUT2D eigenvalue weighted by Crippen LogP contribution is 2.34. The molecule has 2 aromatic carbocycles. The first-order chi connectivity index (χ1) is 11.3. The molecule has 6 heteroatoms. The number of hydrogen-bond acceptors (Lipinski definition) is 3. The molecule has 0 saturated heterocycles. The third-order valence-corrected chi connectivity index (χ3v) is 5.37. The topological polar surface area (TPSA) is 54.5 Å². The molecule has 0 spiro atoms. The number of carbonyl (C=O) groups excluding carboxylic acids is 1. The van der Waals surface area contributed by atoms with Crippen LogP contribution in [-0.2, 0) is 14.6 Å². The highest BCUT2D eigenvalue weighted by molar-refractivity contribution is 7.90. The lowest BCUT2D eigenvalue weighted by molar-refractivity contribution is -0.122. The van der Waals surface area contributed by atoms with E-state index in [1.54, 1.807) is 54.4 Å². The van der Waals surface area contributed by atoms with Crippen LogP contribution in [0, 0.1) is 0 Å². The average Bonchev–Trinajstić information content (AvgIpc) is 2.82. The Morgan fingerprint density at radius 1 is 1.04 bits per heavy atom. The van der Waals surface area contributed by atoms with Crippen molar-refractivity contribution in [3.05, 3.63) is 64.7 Å². The molecule has 1 aliphatic rings. The van der Waals surface area contributed by atoms with Crippen molar-refractivity contribution >= 4 is 38.5 Å². The number of likely N-dealkylation sites (N-methyl/N-ethyl adjacent to an activating group) is 1. The minimum Gasteiger partial charge on any atom is -0.337 e. The zero-order valence-corrected chi connectivity index (χ0v) is 14.9. The summed E-state index contributed by atoms with van der Waals surface area (Å²) in [5.41, 5.74) is 3.06. The third-order valence-electron chi connectivity index (χ3n) is 4.00. The Kier molecular flexibility index (Phi) is 4.24. The molecule has 1 heterocycles. The summed E-state index contributed by atoms with van der Waals surface area (Å²) >= 11 is 6.06. The first kappa shape index (κ1) is 16.7. The van der Waals surface area contributed by atoms with Crippen LogP contribution in [0.15, 0.2) is 53.4 Å². The average molecular weight is 362 g/mol. The van der Waals surface area contributed by atoms with Crippen molar-refractivity contribution < 1.29 is 13.2 Å². The van der Waals surface area contributed by atoms with Crippen LogP contribution >= 0.6 is 11.6 Å². The lowest BCUT2D eigenvalue weighted by atomic mass is 9.97. The molecule has 0 bridgehead atoms. The van der Waals surface area contributed by atoms with Crippen molar-refractivity contribution in [1.29, 1.82) is 0 Å². The highest BCUT2D eigenvalue weighted by Gasteiger charge is 2.29. The van der Waals surface area contributed by atoms with Crippen LogP contribution in [0.5, 0.6) is 0 Å². The lowest BCUT2D eigenvalue weighted by Crippen LogP contribution is -2.21. The molecule has 0 saturated carbocycles. The fraction of sp³-hybridized carbons (Fsp3) is 0.167. The molecule has 4 nitrogen and oxygen atoms in total. The van der Waals surface area contributed by atoms with Crippen LogP contribution in [0.4, 0.5) is 0 Å². The van der Waals surface area contributed by atoms with E-state index in [2.05, 4.69) is 0 Å². The van der Waals surface area contributed by atoms with Gasteiger partial charge < -0.3 is 4.90 Å². The number of hydrogen-bond donors (Lipinski definition) is 0. The van der Waals surface area contributed by atoms with Crippen molar-refractivity contribution in [1.82, 2.24) is 4.90 Å². The second-order valence-corrected chi connectivity index (χ2v) is 8.27. The second kappa shape index (κ2) is 6.07. The molecule has 1 amide bonds. The standard InChI is InChI=1S/C18H16ClNO3S/c1-20-11-16(12-6-8-15(9-7-12)24(2,22)23)17(18(20)21)13-4-3-5-14(19)10-13/h3-10H,11H2,1-2H3. The Balaban J connectivity index is 2.13. The molecule has 0 aromatic heterocycles. The number of halogens is 1. The van der Waals surface area contributed by atoms with E-state index in [-0.39, 0.29) is 10.8 Å². The Hall–Kier alpha value is -2.11. The van der Waals surface area contributed by atoms with E-state index in [1.807, 2.05) is 6.07 Å². The fourth-order valence-corrected chi connectivity index (χ4v) is 3.61. The van der Waals surface area contributed by atoms with Gasteiger partial charge in [-0.2, -0.15) is 0 Å². The summed E-state index contributed by atoms with van der Waals surface area (Å²) in [6.45, 7) is 0.471. The number of sulfone groups is 1. The van der Waals surface area contributed by atoms with Gasteiger partial charge in [0.25, 0.3) is 5.91 Å². The van der Waals surface area contributed by atoms with Gasteiger partial charge in [-0.25, -0.2) is 8.42 Å². The molecule has 0 atom stereocenters. The van der Waals surface area contributed by atoms with Crippen molar-refractivity contribution in [2.45, 2.75) is 4.90 Å².